The highest BCUT2D eigenvalue weighted by molar-refractivity contribution is 6.24. The number of aliphatic hydroxyl groups excluding tert-OH is 2. The lowest BCUT2D eigenvalue weighted by molar-refractivity contribution is -0.142. The molecule has 0 fully saturated rings. The fourth-order valence-electron chi connectivity index (χ4n) is 5.50. The van der Waals surface area contributed by atoms with Crippen LogP contribution >= 0.6 is 0 Å². The van der Waals surface area contributed by atoms with E-state index in [-0.39, 0.29) is 34.2 Å². The molecule has 0 unspecified atom stereocenters. The molecule has 4 aromatic rings. The van der Waals surface area contributed by atoms with Crippen molar-refractivity contribution in [3.05, 3.63) is 118 Å². The number of carbonyl (C=O) groups excluding carboxylic acids is 4. The lowest BCUT2D eigenvalue weighted by Crippen LogP contribution is -2.31. The van der Waals surface area contributed by atoms with Gasteiger partial charge in [0.15, 0.2) is 11.5 Å². The summed E-state index contributed by atoms with van der Waals surface area (Å²) in [5, 5.41) is 40.9. The predicted octanol–water partition coefficient (Wildman–Crippen LogP) is 5.37. The number of Topliss-reactive ketones (excluding diaryl/α,β-unsaturated/α-hetero) is 2. The summed E-state index contributed by atoms with van der Waals surface area (Å²) in [6, 6.07) is 17.0. The summed E-state index contributed by atoms with van der Waals surface area (Å²) in [6.07, 6.45) is -1.20. The molecule has 14 nitrogen and oxygen atoms in total. The minimum absolute atomic E-state index is 0.0224. The summed E-state index contributed by atoms with van der Waals surface area (Å²) in [7, 11) is 2.17. The third-order valence-corrected chi connectivity index (χ3v) is 8.10. The Labute approximate surface area is 282 Å². The molecule has 0 amide bonds. The summed E-state index contributed by atoms with van der Waals surface area (Å²) >= 11 is 0. The van der Waals surface area contributed by atoms with Crippen LogP contribution in [-0.2, 0) is 28.7 Å². The zero-order valence-electron chi connectivity index (χ0n) is 26.4. The van der Waals surface area contributed by atoms with E-state index >= 15 is 0 Å². The normalized spacial score (nSPS) is 14.4. The van der Waals surface area contributed by atoms with Crippen LogP contribution in [0.25, 0.3) is 22.6 Å². The molecule has 4 N–H and O–H groups in total. The summed E-state index contributed by atoms with van der Waals surface area (Å²) in [5.74, 6) is -11.3. The van der Waals surface area contributed by atoms with Crippen LogP contribution in [0.4, 0.5) is 0 Å². The molecule has 1 aliphatic rings. The van der Waals surface area contributed by atoms with E-state index < -0.39 is 82.8 Å². The number of ketones is 2. The van der Waals surface area contributed by atoms with Crippen LogP contribution in [0.1, 0.15) is 56.9 Å². The number of rotatable bonds is 12. The minimum Gasteiger partial charge on any atom is -0.504 e. The molecular formula is C36H28O14. The molecule has 0 aliphatic heterocycles. The molecule has 50 heavy (non-hydrogen) atoms. The van der Waals surface area contributed by atoms with Gasteiger partial charge in [-0.2, -0.15) is 0 Å². The van der Waals surface area contributed by atoms with Crippen molar-refractivity contribution in [3.63, 3.8) is 0 Å². The Morgan fingerprint density at radius 3 is 1.22 bits per heavy atom. The monoisotopic (exact) mass is 684 g/mol. The Morgan fingerprint density at radius 1 is 0.580 bits per heavy atom. The number of ether oxygens (including phenoxy) is 2. The summed E-state index contributed by atoms with van der Waals surface area (Å²) < 4.78 is 21.3. The van der Waals surface area contributed by atoms with Crippen molar-refractivity contribution in [3.8, 4) is 22.6 Å². The Balaban J connectivity index is 1.54. The number of carbonyl (C=O) groups is 6. The number of carboxylic acid groups (broad SMARTS) is 2. The second-order valence-corrected chi connectivity index (χ2v) is 11.0. The Hall–Kier alpha value is -6.70. The maximum Gasteiger partial charge on any atom is 0.335 e. The van der Waals surface area contributed by atoms with Gasteiger partial charge in [0.1, 0.15) is 23.0 Å². The highest BCUT2D eigenvalue weighted by atomic mass is 16.5. The molecule has 256 valence electrons. The van der Waals surface area contributed by atoms with Gasteiger partial charge in [-0.3, -0.25) is 19.2 Å². The Bertz CT molecular complexity index is 1920. The fraction of sp³-hybridized carbons (Fsp3) is 0.167. The average molecular weight is 685 g/mol. The third-order valence-electron chi connectivity index (χ3n) is 8.10. The van der Waals surface area contributed by atoms with E-state index in [2.05, 4.69) is 0 Å². The van der Waals surface area contributed by atoms with E-state index in [1.165, 1.54) is 72.8 Å². The van der Waals surface area contributed by atoms with Gasteiger partial charge < -0.3 is 38.7 Å². The Kier molecular flexibility index (Phi) is 9.83. The molecule has 2 aromatic heterocycles. The molecule has 2 atom stereocenters. The van der Waals surface area contributed by atoms with Gasteiger partial charge in [-0.25, -0.2) is 9.59 Å². The maximum atomic E-state index is 13.8. The first-order chi connectivity index (χ1) is 23.8. The largest absolute Gasteiger partial charge is 0.504 e. The number of carboxylic acids is 2. The van der Waals surface area contributed by atoms with Crippen LogP contribution in [0.5, 0.6) is 0 Å². The SMILES string of the molecule is COC(=O)C[C@H](C1=C(O)C(=O)C([C@@H](CC(=O)OC)c2ccc(-c3ccc(C(=O)O)cc3)o2)=C(O)C1=O)c1ccc(-c2ccc(C(=O)O)cc2)o1. The Morgan fingerprint density at radius 2 is 0.920 bits per heavy atom. The number of hydrogen-bond acceptors (Lipinski definition) is 12. The molecule has 0 spiro atoms. The number of hydrogen-bond donors (Lipinski definition) is 4. The van der Waals surface area contributed by atoms with E-state index in [4.69, 9.17) is 18.3 Å². The van der Waals surface area contributed by atoms with E-state index in [0.717, 1.165) is 14.2 Å². The van der Waals surface area contributed by atoms with Crippen LogP contribution in [-0.4, -0.2) is 70.1 Å². The van der Waals surface area contributed by atoms with E-state index in [1.54, 1.807) is 0 Å². The van der Waals surface area contributed by atoms with E-state index in [1.807, 2.05) is 0 Å². The molecule has 0 saturated heterocycles. The number of benzene rings is 2. The van der Waals surface area contributed by atoms with Crippen molar-refractivity contribution in [1.29, 1.82) is 0 Å². The van der Waals surface area contributed by atoms with E-state index in [9.17, 15) is 49.2 Å². The van der Waals surface area contributed by atoms with Gasteiger partial charge in [-0.15, -0.1) is 0 Å². The van der Waals surface area contributed by atoms with Crippen molar-refractivity contribution >= 4 is 35.4 Å². The molecule has 14 heteroatoms. The van der Waals surface area contributed by atoms with Gasteiger partial charge in [0.2, 0.25) is 11.6 Å². The molecule has 1 aliphatic carbocycles. The van der Waals surface area contributed by atoms with E-state index in [0.29, 0.717) is 11.1 Å². The first-order valence-corrected chi connectivity index (χ1v) is 14.8. The molecular weight excluding hydrogens is 656 g/mol. The molecule has 0 bridgehead atoms. The van der Waals surface area contributed by atoms with Gasteiger partial charge in [0.05, 0.1) is 61.2 Å². The smallest absolute Gasteiger partial charge is 0.335 e. The second kappa shape index (κ2) is 14.2. The number of aliphatic hydroxyl groups is 2. The van der Waals surface area contributed by atoms with Gasteiger partial charge in [0, 0.05) is 11.1 Å². The number of furan rings is 2. The van der Waals surface area contributed by atoms with Gasteiger partial charge in [-0.05, 0) is 48.5 Å². The topological polar surface area (TPSA) is 228 Å². The fourth-order valence-corrected chi connectivity index (χ4v) is 5.50. The second-order valence-electron chi connectivity index (χ2n) is 11.0. The third kappa shape index (κ3) is 6.80. The lowest BCUT2D eigenvalue weighted by atomic mass is 9.78. The number of aromatic carboxylic acids is 2. The maximum absolute atomic E-state index is 13.8. The van der Waals surface area contributed by atoms with Crippen molar-refractivity contribution < 1.29 is 67.5 Å². The standard InChI is InChI=1S/C36H28O14/c1-47-27(37)15-21(25-13-11-23(49-25)17-3-7-19(8-4-17)35(43)44)29-31(39)33(41)30(34(42)32(29)40)22(16-28(38)48-2)26-14-12-24(50-26)18-5-9-20(10-6-18)36(45)46/h3-14,21-22,39,42H,15-16H2,1-2H3,(H,43,44)(H,45,46)/t21-,22-/m0/s1. The van der Waals surface area contributed by atoms with Gasteiger partial charge in [-0.1, -0.05) is 24.3 Å². The average Bonchev–Trinajstić information content (AvgIpc) is 3.81. The van der Waals surface area contributed by atoms with Crippen LogP contribution in [0.3, 0.4) is 0 Å². The zero-order valence-corrected chi connectivity index (χ0v) is 26.4. The summed E-state index contributed by atoms with van der Waals surface area (Å²) in [4.78, 5) is 75.1. The van der Waals surface area contributed by atoms with Crippen molar-refractivity contribution in [2.45, 2.75) is 24.7 Å². The van der Waals surface area contributed by atoms with Crippen LogP contribution in [0.15, 0.2) is 104 Å². The molecule has 0 radical (unpaired) electrons. The highest BCUT2D eigenvalue weighted by Crippen LogP contribution is 2.43. The molecule has 0 saturated carbocycles. The summed E-state index contributed by atoms with van der Waals surface area (Å²) in [6.45, 7) is 0. The van der Waals surface area contributed by atoms with Crippen LogP contribution < -0.4 is 0 Å². The highest BCUT2D eigenvalue weighted by Gasteiger charge is 2.44. The van der Waals surface area contributed by atoms with Crippen LogP contribution in [0, 0.1) is 0 Å². The van der Waals surface area contributed by atoms with Crippen molar-refractivity contribution in [1.82, 2.24) is 0 Å². The first kappa shape index (κ1) is 34.6. The quantitative estimate of drug-likeness (QED) is 0.109. The molecule has 2 aromatic carbocycles. The number of allylic oxidation sites excluding steroid dienone is 2. The number of esters is 2. The predicted molar refractivity (Wildman–Crippen MR) is 170 cm³/mol. The minimum atomic E-state index is -1.43. The summed E-state index contributed by atoms with van der Waals surface area (Å²) in [5.41, 5.74) is -0.413. The molecule has 5 rings (SSSR count). The zero-order chi connectivity index (χ0) is 36.3. The van der Waals surface area contributed by atoms with Crippen molar-refractivity contribution in [2.24, 2.45) is 0 Å². The van der Waals surface area contributed by atoms with Crippen LogP contribution in [0.2, 0.25) is 0 Å². The number of methoxy groups -OCH3 is 2. The first-order valence-electron chi connectivity index (χ1n) is 14.8. The molecule has 2 heterocycles. The van der Waals surface area contributed by atoms with Crippen molar-refractivity contribution in [2.75, 3.05) is 14.2 Å². The van der Waals surface area contributed by atoms with Gasteiger partial charge in [0.25, 0.3) is 0 Å². The van der Waals surface area contributed by atoms with Gasteiger partial charge >= 0.3 is 23.9 Å². The lowest BCUT2D eigenvalue weighted by Gasteiger charge is -2.25.